The number of aromatic nitrogens is 1. The second-order valence-corrected chi connectivity index (χ2v) is 8.25. The van der Waals surface area contributed by atoms with E-state index in [9.17, 15) is 9.59 Å². The molecular weight excluding hydrogens is 366 g/mol. The van der Waals surface area contributed by atoms with Crippen molar-refractivity contribution in [2.45, 2.75) is 43.8 Å². The topological polar surface area (TPSA) is 68.8 Å². The SMILES string of the molecule is CN(C(=O)N1c2ccccc2C(=O)Nc2cccnc21)C1CC2CCC(C1)N2C. The van der Waals surface area contributed by atoms with Crippen LogP contribution in [0.25, 0.3) is 0 Å². The van der Waals surface area contributed by atoms with E-state index < -0.39 is 0 Å². The fourth-order valence-electron chi connectivity index (χ4n) is 5.04. The molecule has 1 aromatic carbocycles. The summed E-state index contributed by atoms with van der Waals surface area (Å²) in [4.78, 5) is 36.9. The summed E-state index contributed by atoms with van der Waals surface area (Å²) in [6.07, 6.45) is 6.02. The third kappa shape index (κ3) is 2.88. The van der Waals surface area contributed by atoms with Crippen LogP contribution in [0.4, 0.5) is 22.0 Å². The summed E-state index contributed by atoms with van der Waals surface area (Å²) in [5, 5.41) is 2.89. The van der Waals surface area contributed by atoms with Gasteiger partial charge >= 0.3 is 6.03 Å². The molecule has 7 heteroatoms. The van der Waals surface area contributed by atoms with Gasteiger partial charge in [0, 0.05) is 31.4 Å². The van der Waals surface area contributed by atoms with Crippen molar-refractivity contribution >= 4 is 29.1 Å². The first-order valence-corrected chi connectivity index (χ1v) is 10.2. The van der Waals surface area contributed by atoms with Gasteiger partial charge in [0.15, 0.2) is 5.82 Å². The molecule has 3 amide bonds. The van der Waals surface area contributed by atoms with Crippen molar-refractivity contribution in [3.05, 3.63) is 48.2 Å². The summed E-state index contributed by atoms with van der Waals surface area (Å²) in [6, 6.07) is 11.9. The molecule has 2 aromatic rings. The van der Waals surface area contributed by atoms with E-state index in [-0.39, 0.29) is 18.0 Å². The van der Waals surface area contributed by atoms with Crippen LogP contribution in [-0.2, 0) is 0 Å². The van der Waals surface area contributed by atoms with E-state index in [2.05, 4.69) is 22.2 Å². The number of hydrogen-bond acceptors (Lipinski definition) is 4. The van der Waals surface area contributed by atoms with Crippen molar-refractivity contribution in [1.29, 1.82) is 0 Å². The summed E-state index contributed by atoms with van der Waals surface area (Å²) in [5.41, 5.74) is 1.57. The van der Waals surface area contributed by atoms with Crippen LogP contribution in [0, 0.1) is 0 Å². The third-order valence-electron chi connectivity index (χ3n) is 6.75. The van der Waals surface area contributed by atoms with E-state index in [1.807, 2.05) is 30.1 Å². The summed E-state index contributed by atoms with van der Waals surface area (Å²) in [7, 11) is 4.08. The fraction of sp³-hybridized carbons (Fsp3) is 0.409. The van der Waals surface area contributed by atoms with Crippen LogP contribution in [-0.4, -0.2) is 58.9 Å². The number of fused-ring (bicyclic) bond motifs is 4. The fourth-order valence-corrected chi connectivity index (χ4v) is 5.04. The van der Waals surface area contributed by atoms with Gasteiger partial charge in [0.1, 0.15) is 0 Å². The molecule has 2 fully saturated rings. The molecule has 7 nitrogen and oxygen atoms in total. The lowest BCUT2D eigenvalue weighted by Crippen LogP contribution is -2.52. The van der Waals surface area contributed by atoms with Crippen molar-refractivity contribution in [2.24, 2.45) is 0 Å². The third-order valence-corrected chi connectivity index (χ3v) is 6.75. The summed E-state index contributed by atoms with van der Waals surface area (Å²) in [5.74, 6) is 0.226. The molecule has 2 bridgehead atoms. The molecule has 2 atom stereocenters. The number of pyridine rings is 1. The average Bonchev–Trinajstić information content (AvgIpc) is 2.91. The van der Waals surface area contributed by atoms with E-state index >= 15 is 0 Å². The molecule has 0 spiro atoms. The number of para-hydroxylation sites is 1. The molecule has 0 aliphatic carbocycles. The lowest BCUT2D eigenvalue weighted by molar-refractivity contribution is 0.102. The zero-order chi connectivity index (χ0) is 20.1. The van der Waals surface area contributed by atoms with E-state index in [4.69, 9.17) is 0 Å². The van der Waals surface area contributed by atoms with E-state index in [1.54, 1.807) is 29.3 Å². The number of urea groups is 1. The maximum atomic E-state index is 13.8. The van der Waals surface area contributed by atoms with Gasteiger partial charge in [-0.1, -0.05) is 12.1 Å². The highest BCUT2D eigenvalue weighted by Crippen LogP contribution is 2.39. The van der Waals surface area contributed by atoms with Crippen LogP contribution in [0.15, 0.2) is 42.6 Å². The Bertz CT molecular complexity index is 963. The number of carbonyl (C=O) groups excluding carboxylic acids is 2. The summed E-state index contributed by atoms with van der Waals surface area (Å²) < 4.78 is 0. The number of anilines is 3. The van der Waals surface area contributed by atoms with Gasteiger partial charge in [0.25, 0.3) is 5.91 Å². The van der Waals surface area contributed by atoms with E-state index in [1.165, 1.54) is 12.8 Å². The molecule has 0 radical (unpaired) electrons. The van der Waals surface area contributed by atoms with Gasteiger partial charge in [0.05, 0.1) is 16.9 Å². The smallest absolute Gasteiger partial charge is 0.324 e. The van der Waals surface area contributed by atoms with Crippen molar-refractivity contribution in [2.75, 3.05) is 24.3 Å². The highest BCUT2D eigenvalue weighted by atomic mass is 16.2. The standard InChI is InChI=1S/C22H25N5O2/c1-25-14-9-10-15(25)13-16(12-14)26(2)22(29)27-19-8-4-3-6-17(19)21(28)24-18-7-5-11-23-20(18)27/h3-8,11,14-16H,9-10,12-13H2,1-2H3,(H,24,28). The molecule has 1 N–H and O–H groups in total. The maximum absolute atomic E-state index is 13.8. The van der Waals surface area contributed by atoms with Gasteiger partial charge in [-0.15, -0.1) is 0 Å². The van der Waals surface area contributed by atoms with Crippen LogP contribution in [0.3, 0.4) is 0 Å². The van der Waals surface area contributed by atoms with E-state index in [0.717, 1.165) is 12.8 Å². The first-order valence-electron chi connectivity index (χ1n) is 10.2. The van der Waals surface area contributed by atoms with Gasteiger partial charge in [-0.05, 0) is 57.0 Å². The number of amides is 3. The Kier molecular flexibility index (Phi) is 4.28. The molecule has 3 aliphatic rings. The average molecular weight is 391 g/mol. The lowest BCUT2D eigenvalue weighted by atomic mass is 9.97. The summed E-state index contributed by atoms with van der Waals surface area (Å²) in [6.45, 7) is 0. The quantitative estimate of drug-likeness (QED) is 0.808. The largest absolute Gasteiger partial charge is 0.330 e. The zero-order valence-corrected chi connectivity index (χ0v) is 16.7. The van der Waals surface area contributed by atoms with Crippen molar-refractivity contribution < 1.29 is 9.59 Å². The molecule has 3 aliphatic heterocycles. The molecule has 150 valence electrons. The molecule has 29 heavy (non-hydrogen) atoms. The van der Waals surface area contributed by atoms with Gasteiger partial charge in [0.2, 0.25) is 0 Å². The Labute approximate surface area is 170 Å². The molecule has 2 unspecified atom stereocenters. The Balaban J connectivity index is 1.53. The van der Waals surface area contributed by atoms with Crippen molar-refractivity contribution in [3.63, 3.8) is 0 Å². The molecular formula is C22H25N5O2. The van der Waals surface area contributed by atoms with Crippen molar-refractivity contribution in [1.82, 2.24) is 14.8 Å². The van der Waals surface area contributed by atoms with Gasteiger partial charge < -0.3 is 15.1 Å². The Morgan fingerprint density at radius 1 is 1.14 bits per heavy atom. The van der Waals surface area contributed by atoms with E-state index in [0.29, 0.717) is 34.8 Å². The number of benzene rings is 1. The number of rotatable bonds is 1. The second kappa shape index (κ2) is 6.84. The normalized spacial score (nSPS) is 25.7. The minimum absolute atomic E-state index is 0.150. The maximum Gasteiger partial charge on any atom is 0.330 e. The van der Waals surface area contributed by atoms with Crippen LogP contribution in [0.2, 0.25) is 0 Å². The Morgan fingerprint density at radius 3 is 2.62 bits per heavy atom. The molecule has 2 saturated heterocycles. The Hall–Kier alpha value is -2.93. The molecule has 5 rings (SSSR count). The highest BCUT2D eigenvalue weighted by Gasteiger charge is 2.42. The molecule has 4 heterocycles. The van der Waals surface area contributed by atoms with Crippen molar-refractivity contribution in [3.8, 4) is 0 Å². The zero-order valence-electron chi connectivity index (χ0n) is 16.7. The van der Waals surface area contributed by atoms with Crippen LogP contribution in [0.5, 0.6) is 0 Å². The first kappa shape index (κ1) is 18.1. The lowest BCUT2D eigenvalue weighted by Gasteiger charge is -2.41. The predicted octanol–water partition coefficient (Wildman–Crippen LogP) is 3.46. The molecule has 0 saturated carbocycles. The minimum Gasteiger partial charge on any atom is -0.324 e. The number of carbonyl (C=O) groups is 2. The van der Waals surface area contributed by atoms with Crippen LogP contribution < -0.4 is 10.2 Å². The van der Waals surface area contributed by atoms with Gasteiger partial charge in [-0.2, -0.15) is 0 Å². The molecule has 1 aromatic heterocycles. The number of nitrogens with zero attached hydrogens (tertiary/aromatic N) is 4. The van der Waals surface area contributed by atoms with Gasteiger partial charge in [-0.3, -0.25) is 4.79 Å². The number of nitrogens with one attached hydrogen (secondary N) is 1. The Morgan fingerprint density at radius 2 is 1.86 bits per heavy atom. The van der Waals surface area contributed by atoms with Crippen LogP contribution in [0.1, 0.15) is 36.0 Å². The summed E-state index contributed by atoms with van der Waals surface area (Å²) >= 11 is 0. The highest BCUT2D eigenvalue weighted by molar-refractivity contribution is 6.16. The second-order valence-electron chi connectivity index (χ2n) is 8.25. The predicted molar refractivity (Wildman–Crippen MR) is 112 cm³/mol. The monoisotopic (exact) mass is 391 g/mol. The first-order chi connectivity index (χ1) is 14.0. The minimum atomic E-state index is -0.231. The number of hydrogen-bond donors (Lipinski definition) is 1. The van der Waals surface area contributed by atoms with Crippen LogP contribution >= 0.6 is 0 Å². The number of piperidine rings is 1. The van der Waals surface area contributed by atoms with Gasteiger partial charge in [-0.25, -0.2) is 14.7 Å².